The Morgan fingerprint density at radius 3 is 2.14 bits per heavy atom. The van der Waals surface area contributed by atoms with Crippen LogP contribution in [0, 0.1) is 11.8 Å². The van der Waals surface area contributed by atoms with Crippen molar-refractivity contribution in [3.05, 3.63) is 0 Å². The van der Waals surface area contributed by atoms with E-state index in [1.54, 1.807) is 0 Å². The summed E-state index contributed by atoms with van der Waals surface area (Å²) >= 11 is 0. The average Bonchev–Trinajstić information content (AvgIpc) is 2.36. The molecule has 0 aromatic heterocycles. The van der Waals surface area contributed by atoms with E-state index >= 15 is 0 Å². The smallest absolute Gasteiger partial charge is 0.410 e. The second-order valence-corrected chi connectivity index (χ2v) is 8.38. The third-order valence-corrected chi connectivity index (χ3v) is 4.30. The quantitative estimate of drug-likeness (QED) is 0.751. The lowest BCUT2D eigenvalue weighted by atomic mass is 9.83. The number of likely N-dealkylation sites (tertiary alicyclic amines) is 1. The molecule has 0 aliphatic carbocycles. The van der Waals surface area contributed by atoms with Crippen LogP contribution in [0.5, 0.6) is 0 Å². The minimum atomic E-state index is -0.423. The van der Waals surface area contributed by atoms with Crippen LogP contribution in [0.15, 0.2) is 0 Å². The van der Waals surface area contributed by atoms with Crippen molar-refractivity contribution in [1.29, 1.82) is 0 Å². The summed E-state index contributed by atoms with van der Waals surface area (Å²) in [6, 6.07) is 0. The van der Waals surface area contributed by atoms with Crippen LogP contribution in [-0.2, 0) is 9.47 Å². The fraction of sp³-hybridized carbons (Fsp3) is 0.944. The van der Waals surface area contributed by atoms with Crippen molar-refractivity contribution in [2.75, 3.05) is 19.7 Å². The molecule has 4 nitrogen and oxygen atoms in total. The first-order chi connectivity index (χ1) is 10.0. The first-order valence-corrected chi connectivity index (χ1v) is 8.63. The molecule has 130 valence electrons. The van der Waals surface area contributed by atoms with Gasteiger partial charge in [0.25, 0.3) is 0 Å². The number of amides is 1. The summed E-state index contributed by atoms with van der Waals surface area (Å²) in [6.45, 7) is 16.9. The molecule has 1 amide bonds. The number of nitrogens with zero attached hydrogens (tertiary/aromatic N) is 1. The lowest BCUT2D eigenvalue weighted by Gasteiger charge is -2.40. The van der Waals surface area contributed by atoms with Crippen molar-refractivity contribution in [2.24, 2.45) is 11.8 Å². The Labute approximate surface area is 136 Å². The van der Waals surface area contributed by atoms with Gasteiger partial charge in [-0.1, -0.05) is 13.8 Å². The molecule has 0 aromatic carbocycles. The van der Waals surface area contributed by atoms with E-state index < -0.39 is 5.60 Å². The van der Waals surface area contributed by atoms with Crippen molar-refractivity contribution < 1.29 is 14.3 Å². The zero-order valence-electron chi connectivity index (χ0n) is 15.6. The van der Waals surface area contributed by atoms with Gasteiger partial charge in [0.2, 0.25) is 0 Å². The predicted molar refractivity (Wildman–Crippen MR) is 90.0 cm³/mol. The van der Waals surface area contributed by atoms with Gasteiger partial charge in [-0.3, -0.25) is 0 Å². The van der Waals surface area contributed by atoms with Crippen LogP contribution in [0.1, 0.15) is 67.7 Å². The van der Waals surface area contributed by atoms with Crippen LogP contribution in [0.25, 0.3) is 0 Å². The number of piperidine rings is 1. The molecule has 0 atom stereocenters. The molecule has 0 N–H and O–H groups in total. The zero-order valence-corrected chi connectivity index (χ0v) is 15.6. The Hall–Kier alpha value is -0.770. The summed E-state index contributed by atoms with van der Waals surface area (Å²) in [4.78, 5) is 13.9. The van der Waals surface area contributed by atoms with Gasteiger partial charge in [0.15, 0.2) is 0 Å². The molecular formula is C18H35NO3. The van der Waals surface area contributed by atoms with Crippen molar-refractivity contribution in [1.82, 2.24) is 4.90 Å². The lowest BCUT2D eigenvalue weighted by molar-refractivity contribution is -0.0798. The van der Waals surface area contributed by atoms with E-state index in [-0.39, 0.29) is 11.7 Å². The Morgan fingerprint density at radius 2 is 1.68 bits per heavy atom. The van der Waals surface area contributed by atoms with Gasteiger partial charge in [-0.2, -0.15) is 0 Å². The molecule has 1 rings (SSSR count). The maximum atomic E-state index is 12.1. The maximum Gasteiger partial charge on any atom is 0.410 e. The van der Waals surface area contributed by atoms with Crippen molar-refractivity contribution in [2.45, 2.75) is 78.9 Å². The van der Waals surface area contributed by atoms with E-state index in [0.29, 0.717) is 11.8 Å². The summed E-state index contributed by atoms with van der Waals surface area (Å²) in [7, 11) is 0. The van der Waals surface area contributed by atoms with Crippen LogP contribution < -0.4 is 0 Å². The summed E-state index contributed by atoms with van der Waals surface area (Å²) in [5, 5.41) is 0. The Kier molecular flexibility index (Phi) is 6.72. The SMILES string of the molecule is CC(C)CCOC(C)(C)C1CCN(C(=O)OC(C)(C)C)CC1. The van der Waals surface area contributed by atoms with Gasteiger partial charge in [0.05, 0.1) is 5.60 Å². The highest BCUT2D eigenvalue weighted by Gasteiger charge is 2.35. The Balaban J connectivity index is 2.42. The van der Waals surface area contributed by atoms with Gasteiger partial charge in [-0.05, 0) is 65.7 Å². The van der Waals surface area contributed by atoms with Gasteiger partial charge in [-0.15, -0.1) is 0 Å². The third-order valence-electron chi connectivity index (χ3n) is 4.30. The van der Waals surface area contributed by atoms with Crippen molar-refractivity contribution in [3.8, 4) is 0 Å². The zero-order chi connectivity index (χ0) is 17.0. The molecule has 0 bridgehead atoms. The van der Waals surface area contributed by atoms with Gasteiger partial charge in [0, 0.05) is 19.7 Å². The van der Waals surface area contributed by atoms with Crippen LogP contribution in [-0.4, -0.2) is 41.9 Å². The minimum absolute atomic E-state index is 0.116. The normalized spacial score (nSPS) is 17.9. The highest BCUT2D eigenvalue weighted by Crippen LogP contribution is 2.31. The molecule has 0 unspecified atom stereocenters. The summed E-state index contributed by atoms with van der Waals surface area (Å²) in [6.07, 6.45) is 2.87. The number of hydrogen-bond donors (Lipinski definition) is 0. The van der Waals surface area contributed by atoms with Crippen LogP contribution in [0.2, 0.25) is 0 Å². The highest BCUT2D eigenvalue weighted by molar-refractivity contribution is 5.68. The van der Waals surface area contributed by atoms with Crippen LogP contribution in [0.4, 0.5) is 4.79 Å². The van der Waals surface area contributed by atoms with Crippen molar-refractivity contribution in [3.63, 3.8) is 0 Å². The van der Waals surface area contributed by atoms with Crippen LogP contribution in [0.3, 0.4) is 0 Å². The number of carbonyl (C=O) groups is 1. The molecule has 22 heavy (non-hydrogen) atoms. The fourth-order valence-corrected chi connectivity index (χ4v) is 2.76. The molecule has 1 aliphatic rings. The maximum absolute atomic E-state index is 12.1. The Bertz CT molecular complexity index is 350. The average molecular weight is 313 g/mol. The molecule has 0 saturated carbocycles. The molecule has 4 heteroatoms. The number of hydrogen-bond acceptors (Lipinski definition) is 3. The van der Waals surface area contributed by atoms with Crippen molar-refractivity contribution >= 4 is 6.09 Å². The van der Waals surface area contributed by atoms with Gasteiger partial charge in [-0.25, -0.2) is 4.79 Å². The second-order valence-electron chi connectivity index (χ2n) is 8.38. The largest absolute Gasteiger partial charge is 0.444 e. The standard InChI is InChI=1S/C18H35NO3/c1-14(2)10-13-21-18(6,7)15-8-11-19(12-9-15)16(20)22-17(3,4)5/h14-15H,8-13H2,1-7H3. The first kappa shape index (κ1) is 19.3. The topological polar surface area (TPSA) is 38.8 Å². The monoisotopic (exact) mass is 313 g/mol. The first-order valence-electron chi connectivity index (χ1n) is 8.63. The third kappa shape index (κ3) is 6.55. The number of rotatable bonds is 5. The molecule has 1 aliphatic heterocycles. The second kappa shape index (κ2) is 7.67. The molecule has 1 saturated heterocycles. The minimum Gasteiger partial charge on any atom is -0.444 e. The van der Waals surface area contributed by atoms with E-state index in [0.717, 1.165) is 39.0 Å². The number of ether oxygens (including phenoxy) is 2. The molecule has 0 spiro atoms. The highest BCUT2D eigenvalue weighted by atomic mass is 16.6. The summed E-state index contributed by atoms with van der Waals surface area (Å²) in [5.41, 5.74) is -0.540. The number of carbonyl (C=O) groups excluding carboxylic acids is 1. The molecular weight excluding hydrogens is 278 g/mol. The van der Waals surface area contributed by atoms with Gasteiger partial charge >= 0.3 is 6.09 Å². The van der Waals surface area contributed by atoms with Gasteiger partial charge < -0.3 is 14.4 Å². The predicted octanol–water partition coefficient (Wildman–Crippen LogP) is 4.47. The molecule has 1 fully saturated rings. The Morgan fingerprint density at radius 1 is 1.14 bits per heavy atom. The molecule has 1 heterocycles. The fourth-order valence-electron chi connectivity index (χ4n) is 2.76. The van der Waals surface area contributed by atoms with E-state index in [1.165, 1.54) is 0 Å². The molecule has 0 aromatic rings. The van der Waals surface area contributed by atoms with E-state index in [1.807, 2.05) is 25.7 Å². The summed E-state index contributed by atoms with van der Waals surface area (Å²) in [5.74, 6) is 1.17. The van der Waals surface area contributed by atoms with E-state index in [4.69, 9.17) is 9.47 Å². The van der Waals surface area contributed by atoms with Gasteiger partial charge in [0.1, 0.15) is 5.60 Å². The summed E-state index contributed by atoms with van der Waals surface area (Å²) < 4.78 is 11.6. The molecule has 0 radical (unpaired) electrons. The lowest BCUT2D eigenvalue weighted by Crippen LogP contribution is -2.46. The van der Waals surface area contributed by atoms with E-state index in [9.17, 15) is 4.79 Å². The van der Waals surface area contributed by atoms with E-state index in [2.05, 4.69) is 27.7 Å². The van der Waals surface area contributed by atoms with Crippen LogP contribution >= 0.6 is 0 Å².